The number of para-hydroxylation sites is 2. The van der Waals surface area contributed by atoms with Gasteiger partial charge in [0.15, 0.2) is 5.58 Å². The first-order valence-corrected chi connectivity index (χ1v) is 11.3. The zero-order chi connectivity index (χ0) is 19.8. The van der Waals surface area contributed by atoms with Gasteiger partial charge in [-0.15, -0.1) is 11.8 Å². The summed E-state index contributed by atoms with van der Waals surface area (Å²) in [5, 5.41) is 4.39. The first-order chi connectivity index (χ1) is 13.7. The van der Waals surface area contributed by atoms with E-state index in [1.807, 2.05) is 36.6 Å². The van der Waals surface area contributed by atoms with Crippen molar-refractivity contribution in [1.82, 2.24) is 9.97 Å². The molecule has 0 atom stereocenters. The van der Waals surface area contributed by atoms with Crippen LogP contribution in [0, 0.1) is 0 Å². The number of nitrogens with one attached hydrogen (secondary N) is 1. The molecule has 0 aliphatic rings. The fourth-order valence-electron chi connectivity index (χ4n) is 2.64. The molecule has 3 aromatic rings. The largest absolute Gasteiger partial charge is 0.481 e. The van der Waals surface area contributed by atoms with Crippen LogP contribution in [0.3, 0.4) is 0 Å². The van der Waals surface area contributed by atoms with Crippen molar-refractivity contribution in [2.75, 3.05) is 24.4 Å². The van der Waals surface area contributed by atoms with Gasteiger partial charge in [0, 0.05) is 18.2 Å². The van der Waals surface area contributed by atoms with Crippen LogP contribution in [0.25, 0.3) is 11.1 Å². The van der Waals surface area contributed by atoms with Gasteiger partial charge in [-0.05, 0) is 37.3 Å². The number of unbranched alkanes of at least 4 members (excludes halogenated alkanes) is 2. The maximum atomic E-state index is 12.2. The minimum Gasteiger partial charge on any atom is -0.481 e. The topological polar surface area (TPSA) is 77.2 Å². The molecule has 8 heteroatoms. The number of carbonyl (C=O) groups is 1. The van der Waals surface area contributed by atoms with Crippen molar-refractivity contribution in [3.63, 3.8) is 0 Å². The van der Waals surface area contributed by atoms with E-state index in [9.17, 15) is 4.79 Å². The summed E-state index contributed by atoms with van der Waals surface area (Å²) < 4.78 is 10.8. The zero-order valence-electron chi connectivity index (χ0n) is 15.9. The monoisotopic (exact) mass is 417 g/mol. The highest BCUT2D eigenvalue weighted by atomic mass is 32.2. The Morgan fingerprint density at radius 1 is 1.14 bits per heavy atom. The molecule has 1 N–H and O–H groups in total. The maximum absolute atomic E-state index is 12.2. The summed E-state index contributed by atoms with van der Waals surface area (Å²) in [4.78, 5) is 21.0. The summed E-state index contributed by atoms with van der Waals surface area (Å²) in [5.41, 5.74) is 2.43. The molecule has 0 bridgehead atoms. The Balaban J connectivity index is 1.35. The number of hydrogen-bond donors (Lipinski definition) is 1. The molecule has 148 valence electrons. The van der Waals surface area contributed by atoms with E-state index in [1.54, 1.807) is 24.9 Å². The van der Waals surface area contributed by atoms with Crippen LogP contribution in [0.1, 0.15) is 25.7 Å². The number of fused-ring (bicyclic) bond motifs is 1. The van der Waals surface area contributed by atoms with E-state index in [1.165, 1.54) is 11.8 Å². The van der Waals surface area contributed by atoms with Crippen LogP contribution in [0.5, 0.6) is 5.88 Å². The Labute approximate surface area is 172 Å². The highest BCUT2D eigenvalue weighted by molar-refractivity contribution is 7.99. The van der Waals surface area contributed by atoms with Gasteiger partial charge in [0.05, 0.1) is 12.8 Å². The third-order valence-corrected chi connectivity index (χ3v) is 5.67. The molecule has 1 aromatic carbocycles. The van der Waals surface area contributed by atoms with Crippen LogP contribution in [-0.4, -0.2) is 35.0 Å². The summed E-state index contributed by atoms with van der Waals surface area (Å²) in [5.74, 6) is 1.47. The minimum absolute atomic E-state index is 0.00821. The Kier molecular flexibility index (Phi) is 7.62. The summed E-state index contributed by atoms with van der Waals surface area (Å²) in [6.45, 7) is 0. The first kappa shape index (κ1) is 20.5. The molecule has 0 unspecified atom stereocenters. The van der Waals surface area contributed by atoms with E-state index in [0.717, 1.165) is 46.8 Å². The molecule has 2 aromatic heterocycles. The van der Waals surface area contributed by atoms with Gasteiger partial charge >= 0.3 is 0 Å². The molecular formula is C20H23N3O3S2. The molecule has 0 saturated carbocycles. The van der Waals surface area contributed by atoms with E-state index >= 15 is 0 Å². The lowest BCUT2D eigenvalue weighted by atomic mass is 10.2. The molecular weight excluding hydrogens is 394 g/mol. The number of benzene rings is 1. The van der Waals surface area contributed by atoms with E-state index < -0.39 is 0 Å². The van der Waals surface area contributed by atoms with Crippen LogP contribution in [-0.2, 0) is 4.79 Å². The van der Waals surface area contributed by atoms with Crippen molar-refractivity contribution in [3.05, 3.63) is 36.4 Å². The second-order valence-corrected chi connectivity index (χ2v) is 7.91. The molecule has 0 fully saturated rings. The van der Waals surface area contributed by atoms with Crippen molar-refractivity contribution in [2.24, 2.45) is 0 Å². The minimum atomic E-state index is 0.00821. The maximum Gasteiger partial charge on any atom is 0.256 e. The summed E-state index contributed by atoms with van der Waals surface area (Å²) in [6, 6.07) is 11.3. The van der Waals surface area contributed by atoms with Crippen molar-refractivity contribution in [1.29, 1.82) is 0 Å². The van der Waals surface area contributed by atoms with Gasteiger partial charge in [0.1, 0.15) is 10.5 Å². The fourth-order valence-corrected chi connectivity index (χ4v) is 3.99. The Morgan fingerprint density at radius 3 is 2.79 bits per heavy atom. The molecule has 0 radical (unpaired) electrons. The number of nitrogens with zero attached hydrogens (tertiary/aromatic N) is 2. The molecule has 1 amide bonds. The number of thioether (sulfide) groups is 2. The summed E-state index contributed by atoms with van der Waals surface area (Å²) in [6.07, 6.45) is 5.26. The Bertz CT molecular complexity index is 897. The Morgan fingerprint density at radius 2 is 2.00 bits per heavy atom. The van der Waals surface area contributed by atoms with Gasteiger partial charge in [-0.2, -0.15) is 0 Å². The Hall–Kier alpha value is -2.19. The summed E-state index contributed by atoms with van der Waals surface area (Å²) >= 11 is 3.09. The fraction of sp³-hybridized carbons (Fsp3) is 0.350. The van der Waals surface area contributed by atoms with Crippen molar-refractivity contribution in [3.8, 4) is 5.88 Å². The van der Waals surface area contributed by atoms with Crippen LogP contribution in [0.15, 0.2) is 51.1 Å². The number of aromatic nitrogens is 2. The lowest BCUT2D eigenvalue weighted by Gasteiger charge is -2.10. The summed E-state index contributed by atoms with van der Waals surface area (Å²) in [7, 11) is 1.58. The molecule has 3 rings (SSSR count). The number of oxazole rings is 1. The van der Waals surface area contributed by atoms with Gasteiger partial charge < -0.3 is 14.5 Å². The smallest absolute Gasteiger partial charge is 0.256 e. The van der Waals surface area contributed by atoms with Gasteiger partial charge in [0.2, 0.25) is 11.8 Å². The van der Waals surface area contributed by atoms with Gasteiger partial charge in [0.25, 0.3) is 5.22 Å². The molecule has 0 saturated heterocycles. The number of rotatable bonds is 10. The van der Waals surface area contributed by atoms with Gasteiger partial charge in [-0.25, -0.2) is 9.97 Å². The predicted octanol–water partition coefficient (Wildman–Crippen LogP) is 5.24. The number of carbonyl (C=O) groups excluding carboxylic acids is 1. The molecule has 0 aliphatic heterocycles. The predicted molar refractivity (Wildman–Crippen MR) is 114 cm³/mol. The number of hydrogen-bond acceptors (Lipinski definition) is 7. The average Bonchev–Trinajstić information content (AvgIpc) is 3.13. The average molecular weight is 418 g/mol. The van der Waals surface area contributed by atoms with Crippen LogP contribution in [0.2, 0.25) is 0 Å². The van der Waals surface area contributed by atoms with Gasteiger partial charge in [-0.1, -0.05) is 30.3 Å². The van der Waals surface area contributed by atoms with E-state index in [4.69, 9.17) is 9.15 Å². The van der Waals surface area contributed by atoms with Crippen molar-refractivity contribution in [2.45, 2.75) is 35.9 Å². The van der Waals surface area contributed by atoms with Crippen LogP contribution < -0.4 is 10.1 Å². The quantitative estimate of drug-likeness (QED) is 0.357. The molecule has 0 aliphatic carbocycles. The zero-order valence-corrected chi connectivity index (χ0v) is 17.6. The highest BCUT2D eigenvalue weighted by Gasteiger charge is 2.09. The molecule has 0 spiro atoms. The number of amides is 1. The van der Waals surface area contributed by atoms with E-state index in [0.29, 0.717) is 17.5 Å². The lowest BCUT2D eigenvalue weighted by Crippen LogP contribution is -2.12. The second kappa shape index (κ2) is 10.4. The third-order valence-electron chi connectivity index (χ3n) is 4.06. The van der Waals surface area contributed by atoms with Gasteiger partial charge in [-0.3, -0.25) is 4.79 Å². The number of anilines is 1. The number of ether oxygens (including phenoxy) is 1. The third kappa shape index (κ3) is 5.65. The molecule has 6 nitrogen and oxygen atoms in total. The number of methoxy groups -OCH3 is 1. The number of pyridine rings is 1. The van der Waals surface area contributed by atoms with E-state index in [-0.39, 0.29) is 5.91 Å². The van der Waals surface area contributed by atoms with Crippen LogP contribution in [0.4, 0.5) is 5.69 Å². The van der Waals surface area contributed by atoms with Crippen molar-refractivity contribution >= 4 is 46.2 Å². The lowest BCUT2D eigenvalue weighted by molar-refractivity contribution is -0.116. The molecule has 28 heavy (non-hydrogen) atoms. The van der Waals surface area contributed by atoms with Crippen molar-refractivity contribution < 1.29 is 13.9 Å². The normalized spacial score (nSPS) is 10.9. The standard InChI is InChI=1S/C20H23N3O3S2/c1-25-18-12-11-15(19(23-18)27-2)21-17(24)10-4-3-7-13-28-20-22-14-8-5-6-9-16(14)26-20/h5-6,8-9,11-12H,3-4,7,10,13H2,1-2H3,(H,21,24). The SMILES string of the molecule is COc1ccc(NC(=O)CCCCCSc2nc3ccccc3o2)c(SC)n1. The van der Waals surface area contributed by atoms with E-state index in [2.05, 4.69) is 15.3 Å². The second-order valence-electron chi connectivity index (χ2n) is 6.07. The molecule has 2 heterocycles. The van der Waals surface area contributed by atoms with Crippen LogP contribution >= 0.6 is 23.5 Å². The first-order valence-electron chi connectivity index (χ1n) is 9.07. The highest BCUT2D eigenvalue weighted by Crippen LogP contribution is 2.26.